The van der Waals surface area contributed by atoms with E-state index in [1.54, 1.807) is 24.3 Å². The second-order valence-electron chi connectivity index (χ2n) is 7.29. The summed E-state index contributed by atoms with van der Waals surface area (Å²) in [6.45, 7) is -0.209. The van der Waals surface area contributed by atoms with Crippen LogP contribution in [0.3, 0.4) is 0 Å². The first kappa shape index (κ1) is 21.1. The highest BCUT2D eigenvalue weighted by Gasteiger charge is 2.57. The van der Waals surface area contributed by atoms with Crippen molar-refractivity contribution in [2.24, 2.45) is 0 Å². The fourth-order valence-corrected chi connectivity index (χ4v) is 3.57. The van der Waals surface area contributed by atoms with E-state index in [1.165, 1.54) is 24.3 Å². The Morgan fingerprint density at radius 1 is 0.742 bits per heavy atom. The number of benzene rings is 3. The van der Waals surface area contributed by atoms with E-state index in [2.05, 4.69) is 10.1 Å². The van der Waals surface area contributed by atoms with Crippen LogP contribution in [0.15, 0.2) is 78.9 Å². The Balaban J connectivity index is 1.65. The maximum absolute atomic E-state index is 15.6. The van der Waals surface area contributed by atoms with Crippen LogP contribution in [0.2, 0.25) is 0 Å². The van der Waals surface area contributed by atoms with E-state index in [9.17, 15) is 18.3 Å². The Kier molecular flexibility index (Phi) is 5.36. The molecule has 2 N–H and O–H groups in total. The minimum absolute atomic E-state index is 0.105. The number of alkyl halides is 4. The van der Waals surface area contributed by atoms with Gasteiger partial charge >= 0.3 is 6.36 Å². The van der Waals surface area contributed by atoms with Crippen molar-refractivity contribution >= 4 is 0 Å². The third-order valence-corrected chi connectivity index (χ3v) is 5.22. The maximum Gasteiger partial charge on any atom is 0.573 e. The van der Waals surface area contributed by atoms with Gasteiger partial charge in [0.2, 0.25) is 0 Å². The van der Waals surface area contributed by atoms with Crippen molar-refractivity contribution in [3.63, 3.8) is 0 Å². The van der Waals surface area contributed by atoms with E-state index in [4.69, 9.17) is 4.74 Å². The highest BCUT2D eigenvalue weighted by Crippen LogP contribution is 2.45. The summed E-state index contributed by atoms with van der Waals surface area (Å²) >= 11 is 0. The largest absolute Gasteiger partial charge is 0.573 e. The molecule has 31 heavy (non-hydrogen) atoms. The summed E-state index contributed by atoms with van der Waals surface area (Å²) in [6, 6.07) is 19.9. The summed E-state index contributed by atoms with van der Waals surface area (Å²) in [6.07, 6.45) is -4.84. The van der Waals surface area contributed by atoms with Gasteiger partial charge in [-0.25, -0.2) is 4.39 Å². The molecule has 0 aliphatic carbocycles. The summed E-state index contributed by atoms with van der Waals surface area (Å²) < 4.78 is 62.5. The van der Waals surface area contributed by atoms with Gasteiger partial charge in [0.25, 0.3) is 0 Å². The number of para-hydroxylation sites is 1. The number of halogens is 4. The van der Waals surface area contributed by atoms with Crippen molar-refractivity contribution in [2.75, 3.05) is 13.1 Å². The Morgan fingerprint density at radius 2 is 1.23 bits per heavy atom. The first-order valence-electron chi connectivity index (χ1n) is 9.51. The molecule has 8 heteroatoms. The lowest BCUT2D eigenvalue weighted by molar-refractivity contribution is -0.274. The highest BCUT2D eigenvalue weighted by atomic mass is 19.4. The van der Waals surface area contributed by atoms with E-state index in [0.29, 0.717) is 11.5 Å². The van der Waals surface area contributed by atoms with Gasteiger partial charge in [-0.15, -0.1) is 13.2 Å². The van der Waals surface area contributed by atoms with Gasteiger partial charge in [-0.05, 0) is 47.5 Å². The van der Waals surface area contributed by atoms with Crippen molar-refractivity contribution in [1.29, 1.82) is 0 Å². The van der Waals surface area contributed by atoms with Crippen LogP contribution >= 0.6 is 0 Å². The lowest BCUT2D eigenvalue weighted by atomic mass is 9.71. The molecule has 1 atom stereocenters. The summed E-state index contributed by atoms with van der Waals surface area (Å²) in [5.74, 6) is 0.659. The third-order valence-electron chi connectivity index (χ3n) is 5.22. The smallest absolute Gasteiger partial charge is 0.457 e. The van der Waals surface area contributed by atoms with Gasteiger partial charge in [0, 0.05) is 13.1 Å². The Hall–Kier alpha value is -3.10. The molecule has 0 bridgehead atoms. The molecule has 1 aliphatic rings. The standard InChI is InChI=1S/C23H19F4NO3/c24-21(14-28-15-21)22(29,17-8-12-20(13-9-17)31-23(25,26)27)16-6-10-19(11-7-16)30-18-4-2-1-3-5-18/h1-13,28-29H,14-15H2. The summed E-state index contributed by atoms with van der Waals surface area (Å²) in [5, 5.41) is 14.3. The molecule has 1 aliphatic heterocycles. The van der Waals surface area contributed by atoms with Crippen molar-refractivity contribution in [1.82, 2.24) is 5.32 Å². The average Bonchev–Trinajstić information content (AvgIpc) is 2.72. The van der Waals surface area contributed by atoms with Crippen molar-refractivity contribution in [2.45, 2.75) is 17.6 Å². The Labute approximate surface area is 176 Å². The first-order valence-corrected chi connectivity index (χ1v) is 9.51. The molecular weight excluding hydrogens is 414 g/mol. The molecule has 0 radical (unpaired) electrons. The molecule has 162 valence electrons. The van der Waals surface area contributed by atoms with E-state index >= 15 is 4.39 Å². The lowest BCUT2D eigenvalue weighted by Crippen LogP contribution is -2.68. The summed E-state index contributed by atoms with van der Waals surface area (Å²) in [7, 11) is 0. The van der Waals surface area contributed by atoms with Crippen LogP contribution < -0.4 is 14.8 Å². The number of aliphatic hydroxyl groups is 1. The van der Waals surface area contributed by atoms with Gasteiger partial charge in [-0.1, -0.05) is 42.5 Å². The zero-order valence-corrected chi connectivity index (χ0v) is 16.2. The number of rotatable bonds is 6. The number of hydrogen-bond acceptors (Lipinski definition) is 4. The van der Waals surface area contributed by atoms with Crippen LogP contribution in [0.25, 0.3) is 0 Å². The van der Waals surface area contributed by atoms with E-state index in [1.807, 2.05) is 18.2 Å². The van der Waals surface area contributed by atoms with Crippen LogP contribution in [-0.2, 0) is 5.60 Å². The van der Waals surface area contributed by atoms with Crippen molar-refractivity contribution < 1.29 is 32.1 Å². The fourth-order valence-electron chi connectivity index (χ4n) is 3.57. The third kappa shape index (κ3) is 4.22. The Morgan fingerprint density at radius 3 is 1.68 bits per heavy atom. The average molecular weight is 433 g/mol. The zero-order valence-electron chi connectivity index (χ0n) is 16.2. The quantitative estimate of drug-likeness (QED) is 0.542. The van der Waals surface area contributed by atoms with Crippen LogP contribution in [0.1, 0.15) is 11.1 Å². The number of hydrogen-bond donors (Lipinski definition) is 2. The summed E-state index contributed by atoms with van der Waals surface area (Å²) in [5.41, 5.74) is -3.76. The molecule has 0 amide bonds. The molecule has 0 spiro atoms. The molecule has 1 fully saturated rings. The Bertz CT molecular complexity index is 1020. The van der Waals surface area contributed by atoms with Gasteiger partial charge in [0.1, 0.15) is 17.2 Å². The molecular formula is C23H19F4NO3. The molecule has 0 saturated carbocycles. The van der Waals surface area contributed by atoms with Crippen LogP contribution in [0.4, 0.5) is 17.6 Å². The van der Waals surface area contributed by atoms with Gasteiger partial charge in [0.15, 0.2) is 11.3 Å². The van der Waals surface area contributed by atoms with Gasteiger partial charge in [-0.2, -0.15) is 0 Å². The van der Waals surface area contributed by atoms with E-state index in [-0.39, 0.29) is 24.2 Å². The zero-order chi connectivity index (χ0) is 22.1. The normalized spacial score (nSPS) is 17.3. The molecule has 4 nitrogen and oxygen atoms in total. The molecule has 1 heterocycles. The maximum atomic E-state index is 15.6. The molecule has 3 aromatic carbocycles. The number of ether oxygens (including phenoxy) is 2. The minimum Gasteiger partial charge on any atom is -0.457 e. The lowest BCUT2D eigenvalue weighted by Gasteiger charge is -2.48. The van der Waals surface area contributed by atoms with Gasteiger partial charge in [-0.3, -0.25) is 0 Å². The van der Waals surface area contributed by atoms with Crippen LogP contribution in [-0.4, -0.2) is 30.2 Å². The SMILES string of the molecule is OC(c1ccc(Oc2ccccc2)cc1)(c1ccc(OC(F)(F)F)cc1)C1(F)CNC1. The molecule has 1 unspecified atom stereocenters. The van der Waals surface area contributed by atoms with Crippen molar-refractivity contribution in [3.8, 4) is 17.2 Å². The van der Waals surface area contributed by atoms with Gasteiger partial charge < -0.3 is 19.9 Å². The molecule has 4 rings (SSSR count). The second kappa shape index (κ2) is 7.86. The monoisotopic (exact) mass is 433 g/mol. The molecule has 1 saturated heterocycles. The fraction of sp³-hybridized carbons (Fsp3) is 0.217. The molecule has 0 aromatic heterocycles. The summed E-state index contributed by atoms with van der Waals surface area (Å²) in [4.78, 5) is 0. The van der Waals surface area contributed by atoms with E-state index < -0.39 is 23.4 Å². The topological polar surface area (TPSA) is 50.7 Å². The van der Waals surface area contributed by atoms with Crippen LogP contribution in [0.5, 0.6) is 17.2 Å². The molecule has 3 aromatic rings. The van der Waals surface area contributed by atoms with E-state index in [0.717, 1.165) is 12.1 Å². The second-order valence-corrected chi connectivity index (χ2v) is 7.29. The minimum atomic E-state index is -4.84. The predicted octanol–water partition coefficient (Wildman–Crippen LogP) is 4.92. The predicted molar refractivity (Wildman–Crippen MR) is 106 cm³/mol. The van der Waals surface area contributed by atoms with Gasteiger partial charge in [0.05, 0.1) is 0 Å². The van der Waals surface area contributed by atoms with Crippen LogP contribution in [0, 0.1) is 0 Å². The highest BCUT2D eigenvalue weighted by molar-refractivity contribution is 5.45. The first-order chi connectivity index (χ1) is 14.7. The number of nitrogens with one attached hydrogen (secondary N) is 1. The van der Waals surface area contributed by atoms with Crippen molar-refractivity contribution in [3.05, 3.63) is 90.0 Å².